The third-order valence-electron chi connectivity index (χ3n) is 4.52. The van der Waals surface area contributed by atoms with Gasteiger partial charge in [0.15, 0.2) is 0 Å². The summed E-state index contributed by atoms with van der Waals surface area (Å²) in [5.74, 6) is 2.29. The monoisotopic (exact) mass is 320 g/mol. The van der Waals surface area contributed by atoms with Crippen LogP contribution in [0, 0.1) is 5.92 Å². The molecule has 128 valence electrons. The summed E-state index contributed by atoms with van der Waals surface area (Å²) < 4.78 is 10.7. The summed E-state index contributed by atoms with van der Waals surface area (Å²) in [6, 6.07) is 5.52. The highest BCUT2D eigenvalue weighted by Gasteiger charge is 2.18. The summed E-state index contributed by atoms with van der Waals surface area (Å²) in [5.41, 5.74) is 0.932. The number of ether oxygens (including phenoxy) is 2. The number of carbonyl (C=O) groups excluding carboxylic acids is 1. The molecule has 0 radical (unpaired) electrons. The molecule has 1 heterocycles. The fraction of sp³-hybridized carbons (Fsp3) is 0.611. The first-order valence-electron chi connectivity index (χ1n) is 8.36. The average molecular weight is 320 g/mol. The number of hydrogen-bond donors (Lipinski definition) is 2. The van der Waals surface area contributed by atoms with Crippen LogP contribution in [0.3, 0.4) is 0 Å². The van der Waals surface area contributed by atoms with Gasteiger partial charge in [0.05, 0.1) is 20.3 Å². The van der Waals surface area contributed by atoms with Gasteiger partial charge in [0.1, 0.15) is 11.5 Å². The maximum atomic E-state index is 12.2. The van der Waals surface area contributed by atoms with Crippen LogP contribution in [0.25, 0.3) is 0 Å². The van der Waals surface area contributed by atoms with Gasteiger partial charge >= 0.3 is 0 Å². The minimum atomic E-state index is -0.111. The Hall–Kier alpha value is -1.75. The van der Waals surface area contributed by atoms with E-state index in [9.17, 15) is 4.79 Å². The molecule has 1 saturated heterocycles. The molecule has 1 unspecified atom stereocenters. The molecule has 1 atom stereocenters. The summed E-state index contributed by atoms with van der Waals surface area (Å²) in [5, 5.41) is 6.42. The van der Waals surface area contributed by atoms with Crippen molar-refractivity contribution in [2.75, 3.05) is 27.3 Å². The van der Waals surface area contributed by atoms with Crippen molar-refractivity contribution in [2.45, 2.75) is 38.6 Å². The molecule has 2 rings (SSSR count). The molecule has 2 N–H and O–H groups in total. The summed E-state index contributed by atoms with van der Waals surface area (Å²) in [6.07, 6.45) is 3.90. The van der Waals surface area contributed by atoms with E-state index >= 15 is 0 Å². The highest BCUT2D eigenvalue weighted by molar-refractivity contribution is 5.76. The lowest BCUT2D eigenvalue weighted by molar-refractivity contribution is -0.122. The number of methoxy groups -OCH3 is 2. The standard InChI is InChI=1S/C18H28N2O3/c1-13(16-12-15(22-2)5-6-17(16)23-3)20-18(21)7-4-14-8-10-19-11-9-14/h5-6,12-14,19H,4,7-11H2,1-3H3,(H,20,21). The van der Waals surface area contributed by atoms with Gasteiger partial charge in [-0.05, 0) is 63.4 Å². The highest BCUT2D eigenvalue weighted by Crippen LogP contribution is 2.29. The number of carbonyl (C=O) groups is 1. The number of hydrogen-bond acceptors (Lipinski definition) is 4. The minimum Gasteiger partial charge on any atom is -0.497 e. The van der Waals surface area contributed by atoms with Crippen LogP contribution in [0.4, 0.5) is 0 Å². The molecule has 0 aliphatic carbocycles. The molecule has 1 aromatic rings. The minimum absolute atomic E-state index is 0.0981. The lowest BCUT2D eigenvalue weighted by Gasteiger charge is -2.23. The molecule has 0 bridgehead atoms. The Morgan fingerprint density at radius 3 is 2.70 bits per heavy atom. The molecule has 1 amide bonds. The van der Waals surface area contributed by atoms with Crippen molar-refractivity contribution in [1.82, 2.24) is 10.6 Å². The molecular formula is C18H28N2O3. The molecule has 1 aliphatic heterocycles. The predicted octanol–water partition coefficient (Wildman–Crippen LogP) is 2.66. The molecule has 1 aromatic carbocycles. The second-order valence-corrected chi connectivity index (χ2v) is 6.13. The van der Waals surface area contributed by atoms with Gasteiger partial charge in [-0.15, -0.1) is 0 Å². The molecule has 0 aromatic heterocycles. The first kappa shape index (κ1) is 17.6. The van der Waals surface area contributed by atoms with E-state index in [0.717, 1.165) is 36.6 Å². The molecule has 23 heavy (non-hydrogen) atoms. The predicted molar refractivity (Wildman–Crippen MR) is 90.9 cm³/mol. The smallest absolute Gasteiger partial charge is 0.220 e. The zero-order valence-corrected chi connectivity index (χ0v) is 14.4. The van der Waals surface area contributed by atoms with Crippen LogP contribution in [0.1, 0.15) is 44.2 Å². The summed E-state index contributed by atoms with van der Waals surface area (Å²) in [6.45, 7) is 4.12. The topological polar surface area (TPSA) is 59.6 Å². The number of nitrogens with one attached hydrogen (secondary N) is 2. The van der Waals surface area contributed by atoms with Crippen molar-refractivity contribution in [3.05, 3.63) is 23.8 Å². The van der Waals surface area contributed by atoms with Crippen molar-refractivity contribution in [1.29, 1.82) is 0 Å². The first-order valence-corrected chi connectivity index (χ1v) is 8.36. The number of amides is 1. The van der Waals surface area contributed by atoms with Gasteiger partial charge < -0.3 is 20.1 Å². The van der Waals surface area contributed by atoms with Gasteiger partial charge in [-0.1, -0.05) is 0 Å². The van der Waals surface area contributed by atoms with E-state index in [1.54, 1.807) is 14.2 Å². The summed E-state index contributed by atoms with van der Waals surface area (Å²) in [7, 11) is 3.27. The Morgan fingerprint density at radius 1 is 1.30 bits per heavy atom. The van der Waals surface area contributed by atoms with Crippen molar-refractivity contribution < 1.29 is 14.3 Å². The maximum absolute atomic E-state index is 12.2. The van der Waals surface area contributed by atoms with Gasteiger partial charge in [-0.3, -0.25) is 4.79 Å². The molecule has 1 fully saturated rings. The van der Waals surface area contributed by atoms with Gasteiger partial charge in [0.2, 0.25) is 5.91 Å². The molecule has 5 heteroatoms. The van der Waals surface area contributed by atoms with Crippen LogP contribution >= 0.6 is 0 Å². The van der Waals surface area contributed by atoms with Crippen molar-refractivity contribution in [3.63, 3.8) is 0 Å². The molecule has 0 saturated carbocycles. The van der Waals surface area contributed by atoms with Crippen LogP contribution in [-0.2, 0) is 4.79 Å². The largest absolute Gasteiger partial charge is 0.497 e. The van der Waals surface area contributed by atoms with Crippen molar-refractivity contribution in [3.8, 4) is 11.5 Å². The molecular weight excluding hydrogens is 292 g/mol. The van der Waals surface area contributed by atoms with Crippen LogP contribution in [0.15, 0.2) is 18.2 Å². The Morgan fingerprint density at radius 2 is 2.04 bits per heavy atom. The Bertz CT molecular complexity index is 513. The number of benzene rings is 1. The van der Waals surface area contributed by atoms with Crippen molar-refractivity contribution in [2.24, 2.45) is 5.92 Å². The van der Waals surface area contributed by atoms with Crippen LogP contribution in [-0.4, -0.2) is 33.2 Å². The van der Waals surface area contributed by atoms with Crippen LogP contribution < -0.4 is 20.1 Å². The van der Waals surface area contributed by atoms with Gasteiger partial charge in [0.25, 0.3) is 0 Å². The second-order valence-electron chi connectivity index (χ2n) is 6.13. The lowest BCUT2D eigenvalue weighted by atomic mass is 9.93. The zero-order chi connectivity index (χ0) is 16.7. The summed E-state index contributed by atoms with van der Waals surface area (Å²) in [4.78, 5) is 12.2. The fourth-order valence-electron chi connectivity index (χ4n) is 3.07. The van der Waals surface area contributed by atoms with E-state index in [1.165, 1.54) is 12.8 Å². The van der Waals surface area contributed by atoms with Gasteiger partial charge in [-0.25, -0.2) is 0 Å². The van der Waals surface area contributed by atoms with E-state index in [4.69, 9.17) is 9.47 Å². The van der Waals surface area contributed by atoms with Crippen LogP contribution in [0.5, 0.6) is 11.5 Å². The summed E-state index contributed by atoms with van der Waals surface area (Å²) >= 11 is 0. The van der Waals surface area contributed by atoms with E-state index in [0.29, 0.717) is 12.3 Å². The van der Waals surface area contributed by atoms with E-state index in [2.05, 4.69) is 10.6 Å². The third-order valence-corrected chi connectivity index (χ3v) is 4.52. The van der Waals surface area contributed by atoms with E-state index in [-0.39, 0.29) is 11.9 Å². The van der Waals surface area contributed by atoms with E-state index in [1.807, 2.05) is 25.1 Å². The zero-order valence-electron chi connectivity index (χ0n) is 14.4. The Kier molecular flexibility index (Phi) is 6.71. The quantitative estimate of drug-likeness (QED) is 0.811. The molecule has 0 spiro atoms. The Balaban J connectivity index is 1.89. The van der Waals surface area contributed by atoms with Gasteiger partial charge in [-0.2, -0.15) is 0 Å². The lowest BCUT2D eigenvalue weighted by Crippen LogP contribution is -2.30. The van der Waals surface area contributed by atoms with E-state index < -0.39 is 0 Å². The van der Waals surface area contributed by atoms with Gasteiger partial charge in [0, 0.05) is 12.0 Å². The molecule has 5 nitrogen and oxygen atoms in total. The maximum Gasteiger partial charge on any atom is 0.220 e. The highest BCUT2D eigenvalue weighted by atomic mass is 16.5. The van der Waals surface area contributed by atoms with Crippen molar-refractivity contribution >= 4 is 5.91 Å². The normalized spacial score (nSPS) is 16.7. The fourth-order valence-corrected chi connectivity index (χ4v) is 3.07. The number of piperidine rings is 1. The first-order chi connectivity index (χ1) is 11.1. The number of rotatable bonds is 7. The third kappa shape index (κ3) is 5.13. The molecule has 1 aliphatic rings. The van der Waals surface area contributed by atoms with Crippen LogP contribution in [0.2, 0.25) is 0 Å². The second kappa shape index (κ2) is 8.77. The Labute approximate surface area is 138 Å². The SMILES string of the molecule is COc1ccc(OC)c(C(C)NC(=O)CCC2CCNCC2)c1. The average Bonchev–Trinajstić information content (AvgIpc) is 2.60.